The molecule has 0 bridgehead atoms. The molecule has 96 valence electrons. The van der Waals surface area contributed by atoms with Crippen molar-refractivity contribution in [2.75, 3.05) is 5.32 Å². The van der Waals surface area contributed by atoms with Crippen LogP contribution in [0.3, 0.4) is 0 Å². The van der Waals surface area contributed by atoms with Crippen LogP contribution >= 0.6 is 0 Å². The fraction of sp³-hybridized carbons (Fsp3) is 0. The third kappa shape index (κ3) is 2.92. The van der Waals surface area contributed by atoms with Gasteiger partial charge in [-0.3, -0.25) is 4.79 Å². The molecule has 0 radical (unpaired) electrons. The number of carbonyl (C=O) groups is 2. The van der Waals surface area contributed by atoms with E-state index < -0.39 is 17.7 Å². The van der Waals surface area contributed by atoms with Gasteiger partial charge < -0.3 is 10.4 Å². The quantitative estimate of drug-likeness (QED) is 0.886. The molecule has 0 fully saturated rings. The van der Waals surface area contributed by atoms with Crippen molar-refractivity contribution in [2.45, 2.75) is 0 Å². The number of aromatic nitrogens is 1. The normalized spacial score (nSPS) is 9.95. The van der Waals surface area contributed by atoms with Gasteiger partial charge in [0.15, 0.2) is 0 Å². The predicted octanol–water partition coefficient (Wildman–Crippen LogP) is 2.17. The maximum absolute atomic E-state index is 13.4. The van der Waals surface area contributed by atoms with E-state index in [2.05, 4.69) is 10.3 Å². The molecule has 1 aromatic heterocycles. The van der Waals surface area contributed by atoms with Crippen LogP contribution in [0.5, 0.6) is 0 Å². The summed E-state index contributed by atoms with van der Waals surface area (Å²) in [5, 5.41) is 11.1. The number of halogens is 1. The summed E-state index contributed by atoms with van der Waals surface area (Å²) >= 11 is 0. The number of carboxylic acids is 1. The first-order chi connectivity index (χ1) is 9.08. The maximum atomic E-state index is 13.4. The van der Waals surface area contributed by atoms with E-state index in [0.717, 1.165) is 6.20 Å². The largest absolute Gasteiger partial charge is 0.478 e. The number of hydrogen-bond donors (Lipinski definition) is 2. The van der Waals surface area contributed by atoms with Gasteiger partial charge in [-0.15, -0.1) is 0 Å². The molecule has 2 N–H and O–H groups in total. The zero-order chi connectivity index (χ0) is 13.8. The zero-order valence-corrected chi connectivity index (χ0v) is 9.63. The fourth-order valence-corrected chi connectivity index (χ4v) is 1.42. The highest BCUT2D eigenvalue weighted by atomic mass is 19.1. The molecule has 0 atom stereocenters. The van der Waals surface area contributed by atoms with Gasteiger partial charge in [0.25, 0.3) is 5.91 Å². The van der Waals surface area contributed by atoms with Crippen LogP contribution in [-0.4, -0.2) is 22.0 Å². The summed E-state index contributed by atoms with van der Waals surface area (Å²) < 4.78 is 13.4. The molecule has 0 aliphatic heterocycles. The number of nitrogens with zero attached hydrogens (tertiary/aromatic N) is 1. The number of aromatic carboxylic acids is 1. The van der Waals surface area contributed by atoms with Crippen molar-refractivity contribution in [1.29, 1.82) is 0 Å². The Morgan fingerprint density at radius 1 is 1.16 bits per heavy atom. The lowest BCUT2D eigenvalue weighted by molar-refractivity contribution is 0.0696. The number of carbonyl (C=O) groups excluding carboxylic acids is 1. The number of hydrogen-bond acceptors (Lipinski definition) is 3. The maximum Gasteiger partial charge on any atom is 0.337 e. The predicted molar refractivity (Wildman–Crippen MR) is 65.5 cm³/mol. The molecule has 6 heteroatoms. The van der Waals surface area contributed by atoms with E-state index in [0.29, 0.717) is 0 Å². The first-order valence-electron chi connectivity index (χ1n) is 5.33. The molecule has 0 aliphatic rings. The van der Waals surface area contributed by atoms with E-state index >= 15 is 0 Å². The Morgan fingerprint density at radius 2 is 1.89 bits per heavy atom. The molecule has 0 unspecified atom stereocenters. The Balaban J connectivity index is 2.15. The van der Waals surface area contributed by atoms with Gasteiger partial charge in [0.1, 0.15) is 11.6 Å². The van der Waals surface area contributed by atoms with E-state index in [1.165, 1.54) is 30.3 Å². The second-order valence-electron chi connectivity index (χ2n) is 3.67. The summed E-state index contributed by atoms with van der Waals surface area (Å²) in [6.45, 7) is 0. The van der Waals surface area contributed by atoms with Crippen molar-refractivity contribution >= 4 is 17.7 Å². The van der Waals surface area contributed by atoms with Crippen LogP contribution < -0.4 is 5.32 Å². The van der Waals surface area contributed by atoms with Crippen molar-refractivity contribution in [3.8, 4) is 0 Å². The van der Waals surface area contributed by atoms with Crippen molar-refractivity contribution < 1.29 is 19.1 Å². The number of anilines is 1. The summed E-state index contributed by atoms with van der Waals surface area (Å²) in [5.41, 5.74) is -0.101. The smallest absolute Gasteiger partial charge is 0.337 e. The minimum atomic E-state index is -1.11. The van der Waals surface area contributed by atoms with Crippen LogP contribution in [0.4, 0.5) is 10.2 Å². The van der Waals surface area contributed by atoms with Crippen molar-refractivity contribution in [3.63, 3.8) is 0 Å². The summed E-state index contributed by atoms with van der Waals surface area (Å²) in [6.07, 6.45) is 1.11. The van der Waals surface area contributed by atoms with Gasteiger partial charge in [0, 0.05) is 6.20 Å². The number of carboxylic acid groups (broad SMARTS) is 1. The van der Waals surface area contributed by atoms with Crippen LogP contribution in [0.2, 0.25) is 0 Å². The van der Waals surface area contributed by atoms with Gasteiger partial charge in [-0.2, -0.15) is 0 Å². The molecule has 1 heterocycles. The number of pyridine rings is 1. The van der Waals surface area contributed by atoms with Crippen LogP contribution in [0.15, 0.2) is 42.6 Å². The second-order valence-corrected chi connectivity index (χ2v) is 3.67. The minimum Gasteiger partial charge on any atom is -0.478 e. The Hall–Kier alpha value is -2.76. The Bertz CT molecular complexity index is 626. The lowest BCUT2D eigenvalue weighted by Crippen LogP contribution is -2.14. The third-order valence-electron chi connectivity index (χ3n) is 2.37. The van der Waals surface area contributed by atoms with Crippen LogP contribution in [-0.2, 0) is 0 Å². The highest BCUT2D eigenvalue weighted by molar-refractivity contribution is 6.04. The molecule has 19 heavy (non-hydrogen) atoms. The van der Waals surface area contributed by atoms with Gasteiger partial charge in [0.05, 0.1) is 11.1 Å². The Labute approximate surface area is 107 Å². The number of amides is 1. The van der Waals surface area contributed by atoms with Gasteiger partial charge in [-0.25, -0.2) is 14.2 Å². The zero-order valence-electron chi connectivity index (χ0n) is 9.63. The Kier molecular flexibility index (Phi) is 3.51. The molecule has 5 nitrogen and oxygen atoms in total. The standard InChI is InChI=1S/C13H9FN2O3/c14-10-4-2-1-3-9(10)12(17)16-11-6-5-8(7-15-11)13(18)19/h1-7H,(H,18,19)(H,15,16,17). The molecule has 2 rings (SSSR count). The van der Waals surface area contributed by atoms with Gasteiger partial charge >= 0.3 is 5.97 Å². The summed E-state index contributed by atoms with van der Waals surface area (Å²) in [5.74, 6) is -2.24. The van der Waals surface area contributed by atoms with E-state index in [-0.39, 0.29) is 16.9 Å². The van der Waals surface area contributed by atoms with Crippen LogP contribution in [0.25, 0.3) is 0 Å². The monoisotopic (exact) mass is 260 g/mol. The van der Waals surface area contributed by atoms with Gasteiger partial charge in [0.2, 0.25) is 0 Å². The molecular formula is C13H9FN2O3. The molecule has 1 aromatic carbocycles. The second kappa shape index (κ2) is 5.26. The number of rotatable bonds is 3. The fourth-order valence-electron chi connectivity index (χ4n) is 1.42. The van der Waals surface area contributed by atoms with Crippen molar-refractivity contribution in [1.82, 2.24) is 4.98 Å². The molecule has 0 aliphatic carbocycles. The first kappa shape index (κ1) is 12.7. The molecule has 1 amide bonds. The highest BCUT2D eigenvalue weighted by Crippen LogP contribution is 2.10. The SMILES string of the molecule is O=C(O)c1ccc(NC(=O)c2ccccc2F)nc1. The summed E-state index contributed by atoms with van der Waals surface area (Å²) in [4.78, 5) is 26.1. The van der Waals surface area contributed by atoms with Gasteiger partial charge in [-0.05, 0) is 24.3 Å². The third-order valence-corrected chi connectivity index (χ3v) is 2.37. The Morgan fingerprint density at radius 3 is 2.47 bits per heavy atom. The molecule has 0 saturated heterocycles. The first-order valence-corrected chi connectivity index (χ1v) is 5.33. The lowest BCUT2D eigenvalue weighted by atomic mass is 10.2. The summed E-state index contributed by atoms with van der Waals surface area (Å²) in [7, 11) is 0. The van der Waals surface area contributed by atoms with E-state index in [4.69, 9.17) is 5.11 Å². The molecule has 2 aromatic rings. The van der Waals surface area contributed by atoms with Crippen molar-refractivity contribution in [3.05, 3.63) is 59.5 Å². The average molecular weight is 260 g/mol. The van der Waals surface area contributed by atoms with E-state index in [9.17, 15) is 14.0 Å². The number of benzene rings is 1. The minimum absolute atomic E-state index is 0.00360. The highest BCUT2D eigenvalue weighted by Gasteiger charge is 2.11. The molecule has 0 spiro atoms. The van der Waals surface area contributed by atoms with E-state index in [1.54, 1.807) is 6.07 Å². The average Bonchev–Trinajstić information content (AvgIpc) is 2.39. The number of nitrogens with one attached hydrogen (secondary N) is 1. The topological polar surface area (TPSA) is 79.3 Å². The molecule has 0 saturated carbocycles. The molecular weight excluding hydrogens is 251 g/mol. The van der Waals surface area contributed by atoms with Gasteiger partial charge in [-0.1, -0.05) is 12.1 Å². The van der Waals surface area contributed by atoms with E-state index in [1.807, 2.05) is 0 Å². The van der Waals surface area contributed by atoms with Crippen LogP contribution in [0.1, 0.15) is 20.7 Å². The summed E-state index contributed by atoms with van der Waals surface area (Å²) in [6, 6.07) is 8.17. The van der Waals surface area contributed by atoms with Crippen molar-refractivity contribution in [2.24, 2.45) is 0 Å². The van der Waals surface area contributed by atoms with Crippen LogP contribution in [0, 0.1) is 5.82 Å². The lowest BCUT2D eigenvalue weighted by Gasteiger charge is -2.05.